The highest BCUT2D eigenvalue weighted by Crippen LogP contribution is 2.56. The third-order valence-electron chi connectivity index (χ3n) is 15.3. The molecule has 0 amide bonds. The lowest BCUT2D eigenvalue weighted by molar-refractivity contribution is 0.666. The number of aryl methyl sites for hydroxylation is 4. The molecule has 7 aromatic carbocycles. The Labute approximate surface area is 380 Å². The van der Waals surface area contributed by atoms with Gasteiger partial charge in [0.05, 0.1) is 34.5 Å². The van der Waals surface area contributed by atoms with Crippen LogP contribution in [0.1, 0.15) is 72.2 Å². The molecule has 0 bridgehead atoms. The van der Waals surface area contributed by atoms with E-state index < -0.39 is 0 Å². The van der Waals surface area contributed by atoms with Crippen LogP contribution in [0.15, 0.2) is 122 Å². The Morgan fingerprint density at radius 3 is 1.27 bits per heavy atom. The summed E-state index contributed by atoms with van der Waals surface area (Å²) in [7, 11) is 0. The van der Waals surface area contributed by atoms with E-state index >= 15 is 0 Å². The van der Waals surface area contributed by atoms with E-state index in [1.54, 1.807) is 12.4 Å². The number of nitrogens with zero attached hydrogens (tertiary/aromatic N) is 8. The van der Waals surface area contributed by atoms with Gasteiger partial charge >= 0.3 is 0 Å². The maximum Gasteiger partial charge on any atom is 0.157 e. The van der Waals surface area contributed by atoms with Crippen LogP contribution in [0.2, 0.25) is 0 Å². The van der Waals surface area contributed by atoms with Crippen LogP contribution in [0.5, 0.6) is 0 Å². The van der Waals surface area contributed by atoms with Crippen molar-refractivity contribution in [2.24, 2.45) is 0 Å². The zero-order valence-electron chi connectivity index (χ0n) is 38.1. The third-order valence-corrected chi connectivity index (χ3v) is 15.3. The summed E-state index contributed by atoms with van der Waals surface area (Å²) in [6.07, 6.45) is 7.25. The molecule has 0 saturated heterocycles. The van der Waals surface area contributed by atoms with Crippen LogP contribution in [0.4, 0.5) is 0 Å². The Bertz CT molecular complexity index is 3990. The maximum absolute atomic E-state index is 5.57. The largest absolute Gasteiger partial charge is 0.292 e. The van der Waals surface area contributed by atoms with Crippen LogP contribution >= 0.6 is 0 Å². The number of para-hydroxylation sites is 2. The maximum atomic E-state index is 5.57. The zero-order chi connectivity index (χ0) is 44.7. The van der Waals surface area contributed by atoms with Gasteiger partial charge in [0.2, 0.25) is 0 Å². The molecule has 0 unspecified atom stereocenters. The van der Waals surface area contributed by atoms with E-state index in [0.717, 1.165) is 33.7 Å². The minimum absolute atomic E-state index is 0.203. The van der Waals surface area contributed by atoms with Crippen molar-refractivity contribution in [1.82, 2.24) is 39.0 Å². The minimum Gasteiger partial charge on any atom is -0.292 e. The van der Waals surface area contributed by atoms with Gasteiger partial charge in [-0.1, -0.05) is 113 Å². The van der Waals surface area contributed by atoms with Gasteiger partial charge in [-0.25, -0.2) is 19.9 Å². The van der Waals surface area contributed by atoms with E-state index in [-0.39, 0.29) is 10.8 Å². The lowest BCUT2D eigenvalue weighted by Gasteiger charge is -2.23. The Hall–Kier alpha value is -7.84. The van der Waals surface area contributed by atoms with E-state index in [1.165, 1.54) is 88.3 Å². The van der Waals surface area contributed by atoms with E-state index in [0.29, 0.717) is 33.1 Å². The lowest BCUT2D eigenvalue weighted by atomic mass is 9.80. The fourth-order valence-electron chi connectivity index (χ4n) is 12.6. The summed E-state index contributed by atoms with van der Waals surface area (Å²) in [6, 6.07) is 35.8. The van der Waals surface area contributed by atoms with Crippen molar-refractivity contribution in [3.05, 3.63) is 166 Å². The third kappa shape index (κ3) is 4.49. The summed E-state index contributed by atoms with van der Waals surface area (Å²) in [6.45, 7) is 18.3. The van der Waals surface area contributed by atoms with Crippen molar-refractivity contribution in [3.8, 4) is 33.9 Å². The molecule has 0 atom stereocenters. The topological polar surface area (TPSA) is 87.2 Å². The Balaban J connectivity index is 1.06. The summed E-state index contributed by atoms with van der Waals surface area (Å²) >= 11 is 0. The molecular formula is C58H44N8. The molecule has 5 aromatic heterocycles. The molecule has 5 heterocycles. The number of hydrogen-bond acceptors (Lipinski definition) is 6. The van der Waals surface area contributed by atoms with Gasteiger partial charge in [0.15, 0.2) is 11.6 Å². The quantitative estimate of drug-likeness (QED) is 0.161. The molecule has 14 rings (SSSR count). The van der Waals surface area contributed by atoms with Crippen LogP contribution in [-0.4, -0.2) is 39.0 Å². The normalized spacial score (nSPS) is 14.6. The summed E-state index contributed by atoms with van der Waals surface area (Å²) in [5.41, 5.74) is 23.3. The highest BCUT2D eigenvalue weighted by Gasteiger charge is 2.40. The summed E-state index contributed by atoms with van der Waals surface area (Å²) in [4.78, 5) is 31.5. The van der Waals surface area contributed by atoms with Gasteiger partial charge < -0.3 is 0 Å². The van der Waals surface area contributed by atoms with Crippen LogP contribution in [0.25, 0.3) is 111 Å². The molecule has 2 aliphatic rings. The predicted molar refractivity (Wildman–Crippen MR) is 268 cm³/mol. The minimum atomic E-state index is -0.203. The molecule has 12 aromatic rings. The van der Waals surface area contributed by atoms with E-state index in [4.69, 9.17) is 29.9 Å². The first kappa shape index (κ1) is 37.5. The van der Waals surface area contributed by atoms with Crippen LogP contribution < -0.4 is 0 Å². The molecule has 2 aliphatic carbocycles. The van der Waals surface area contributed by atoms with E-state index in [9.17, 15) is 0 Å². The first-order valence-corrected chi connectivity index (χ1v) is 22.9. The number of hydrogen-bond donors (Lipinski definition) is 0. The molecule has 8 heteroatoms. The zero-order valence-corrected chi connectivity index (χ0v) is 38.1. The number of benzene rings is 7. The van der Waals surface area contributed by atoms with Crippen molar-refractivity contribution in [2.75, 3.05) is 0 Å². The monoisotopic (exact) mass is 852 g/mol. The van der Waals surface area contributed by atoms with Gasteiger partial charge in [0, 0.05) is 44.8 Å². The average molecular weight is 853 g/mol. The number of fused-ring (bicyclic) bond motifs is 20. The Morgan fingerprint density at radius 1 is 0.394 bits per heavy atom. The first-order chi connectivity index (χ1) is 31.9. The SMILES string of the molecule is Cc1cccc2c3c4c(cc(C)c3n(-c3cnc5c6nccnc6c6nc(-n7c8c(C)cccc8c8c9c(cc(C)c87)-c7ccccc7C9(C)C)cnc6c5n3)c12)-c1ccccc1C4(C)C. The van der Waals surface area contributed by atoms with Gasteiger partial charge in [0.25, 0.3) is 0 Å². The first-order valence-electron chi connectivity index (χ1n) is 22.9. The fourth-order valence-corrected chi connectivity index (χ4v) is 12.6. The molecule has 316 valence electrons. The van der Waals surface area contributed by atoms with Crippen molar-refractivity contribution in [1.29, 1.82) is 0 Å². The molecule has 0 radical (unpaired) electrons. The molecule has 66 heavy (non-hydrogen) atoms. The molecule has 0 saturated carbocycles. The van der Waals surface area contributed by atoms with Crippen LogP contribution in [0.3, 0.4) is 0 Å². The molecule has 0 aliphatic heterocycles. The second-order valence-corrected chi connectivity index (χ2v) is 19.7. The molecular weight excluding hydrogens is 809 g/mol. The van der Waals surface area contributed by atoms with Gasteiger partial charge in [-0.2, -0.15) is 0 Å². The van der Waals surface area contributed by atoms with Gasteiger partial charge in [0.1, 0.15) is 33.1 Å². The Morgan fingerprint density at radius 2 is 0.803 bits per heavy atom. The van der Waals surface area contributed by atoms with Gasteiger partial charge in [-0.3, -0.25) is 19.1 Å². The standard InChI is InChI=1S/C58H44N8/c1-29-15-13-19-35-43-45-37(33-17-9-11-21-39(33)57(45,5)6)25-31(3)55(43)65(53(29)35)41-27-61-49-47-48(60-24-23-59-47)51-50(52(49)64-41)62-28-42(63-51)66-54-30(2)16-14-20-36(54)44-46-38(26-32(4)56(44)66)34-18-10-12-22-40(34)58(46,7)8/h9-28H,1-8H3. The van der Waals surface area contributed by atoms with Crippen molar-refractivity contribution < 1.29 is 0 Å². The molecule has 8 nitrogen and oxygen atoms in total. The summed E-state index contributed by atoms with van der Waals surface area (Å²) in [5.74, 6) is 1.43. The van der Waals surface area contributed by atoms with Crippen LogP contribution in [-0.2, 0) is 10.8 Å². The van der Waals surface area contributed by atoms with Gasteiger partial charge in [-0.05, 0) is 107 Å². The fraction of sp³-hybridized carbons (Fsp3) is 0.172. The number of aromatic nitrogens is 8. The Kier molecular flexibility index (Phi) is 7.10. The van der Waals surface area contributed by atoms with Crippen molar-refractivity contribution in [2.45, 2.75) is 66.2 Å². The van der Waals surface area contributed by atoms with E-state index in [1.807, 2.05) is 12.4 Å². The van der Waals surface area contributed by atoms with Gasteiger partial charge in [-0.15, -0.1) is 0 Å². The predicted octanol–water partition coefficient (Wildman–Crippen LogP) is 13.6. The summed E-state index contributed by atoms with van der Waals surface area (Å²) < 4.78 is 4.66. The van der Waals surface area contributed by atoms with Crippen LogP contribution in [0, 0.1) is 27.7 Å². The highest BCUT2D eigenvalue weighted by molar-refractivity contribution is 6.20. The second kappa shape index (κ2) is 12.5. The average Bonchev–Trinajstić information content (AvgIpc) is 4.00. The smallest absolute Gasteiger partial charge is 0.157 e. The lowest BCUT2D eigenvalue weighted by Crippen LogP contribution is -2.15. The molecule has 0 fully saturated rings. The number of rotatable bonds is 2. The summed E-state index contributed by atoms with van der Waals surface area (Å²) in [5, 5.41) is 4.95. The molecule has 0 N–H and O–H groups in total. The van der Waals surface area contributed by atoms with Crippen molar-refractivity contribution >= 4 is 76.7 Å². The van der Waals surface area contributed by atoms with E-state index in [2.05, 4.69) is 162 Å². The molecule has 0 spiro atoms. The van der Waals surface area contributed by atoms with Crippen molar-refractivity contribution in [3.63, 3.8) is 0 Å². The second-order valence-electron chi connectivity index (χ2n) is 19.7. The highest BCUT2D eigenvalue weighted by atomic mass is 15.1.